The number of aromatic nitrogens is 3. The first-order valence-corrected chi connectivity index (χ1v) is 6.01. The van der Waals surface area contributed by atoms with Gasteiger partial charge >= 0.3 is 0 Å². The van der Waals surface area contributed by atoms with Gasteiger partial charge in [0.2, 0.25) is 0 Å². The maximum atomic E-state index is 12.8. The van der Waals surface area contributed by atoms with E-state index < -0.39 is 0 Å². The summed E-state index contributed by atoms with van der Waals surface area (Å²) in [5, 5.41) is 3.38. The minimum atomic E-state index is -0.308. The smallest absolute Gasteiger partial charge is 0.141 e. The van der Waals surface area contributed by atoms with Gasteiger partial charge in [0.15, 0.2) is 0 Å². The fourth-order valence-corrected chi connectivity index (χ4v) is 1.83. The first-order valence-electron chi connectivity index (χ1n) is 6.01. The molecule has 0 fully saturated rings. The van der Waals surface area contributed by atoms with Crippen LogP contribution in [0.5, 0.6) is 0 Å². The summed E-state index contributed by atoms with van der Waals surface area (Å²) >= 11 is 0. The highest BCUT2D eigenvalue weighted by Crippen LogP contribution is 2.14. The van der Waals surface area contributed by atoms with E-state index >= 15 is 0 Å². The van der Waals surface area contributed by atoms with E-state index in [1.807, 2.05) is 17.8 Å². The molecule has 2 heterocycles. The maximum absolute atomic E-state index is 12.8. The summed E-state index contributed by atoms with van der Waals surface area (Å²) in [5.41, 5.74) is 0.855. The molecule has 96 valence electrons. The molecule has 0 saturated heterocycles. The predicted octanol–water partition coefficient (Wildman–Crippen LogP) is 2.20. The highest BCUT2D eigenvalue weighted by molar-refractivity contribution is 5.10. The van der Waals surface area contributed by atoms with Crippen molar-refractivity contribution < 1.29 is 4.39 Å². The van der Waals surface area contributed by atoms with Crippen LogP contribution in [0.15, 0.2) is 30.7 Å². The molecule has 0 saturated carbocycles. The van der Waals surface area contributed by atoms with Crippen molar-refractivity contribution >= 4 is 0 Å². The maximum Gasteiger partial charge on any atom is 0.141 e. The molecule has 4 nitrogen and oxygen atoms in total. The predicted molar refractivity (Wildman–Crippen MR) is 67.3 cm³/mol. The number of pyridine rings is 1. The first-order chi connectivity index (χ1) is 8.70. The summed E-state index contributed by atoms with van der Waals surface area (Å²) in [7, 11) is 1.96. The van der Waals surface area contributed by atoms with Gasteiger partial charge in [0.25, 0.3) is 0 Å². The van der Waals surface area contributed by atoms with Gasteiger partial charge in [-0.25, -0.2) is 9.37 Å². The van der Waals surface area contributed by atoms with E-state index in [1.54, 1.807) is 12.3 Å². The molecule has 2 rings (SSSR count). The minimum absolute atomic E-state index is 0.113. The summed E-state index contributed by atoms with van der Waals surface area (Å²) in [5.74, 6) is 0.660. The van der Waals surface area contributed by atoms with Crippen LogP contribution in [0.2, 0.25) is 0 Å². The Labute approximate surface area is 106 Å². The zero-order valence-corrected chi connectivity index (χ0v) is 10.6. The molecule has 0 amide bonds. The summed E-state index contributed by atoms with van der Waals surface area (Å²) in [4.78, 5) is 8.36. The molecule has 18 heavy (non-hydrogen) atoms. The Morgan fingerprint density at radius 2 is 2.22 bits per heavy atom. The first kappa shape index (κ1) is 12.7. The Hall–Kier alpha value is -1.75. The Kier molecular flexibility index (Phi) is 4.04. The molecule has 0 radical (unpaired) electrons. The lowest BCUT2D eigenvalue weighted by Crippen LogP contribution is -2.22. The quantitative estimate of drug-likeness (QED) is 0.882. The van der Waals surface area contributed by atoms with Crippen molar-refractivity contribution in [3.63, 3.8) is 0 Å². The van der Waals surface area contributed by atoms with E-state index in [9.17, 15) is 4.39 Å². The van der Waals surface area contributed by atoms with Gasteiger partial charge in [-0.2, -0.15) is 0 Å². The van der Waals surface area contributed by atoms with Crippen LogP contribution in [0.3, 0.4) is 0 Å². The highest BCUT2D eigenvalue weighted by atomic mass is 19.1. The van der Waals surface area contributed by atoms with Crippen molar-refractivity contribution in [2.45, 2.75) is 25.9 Å². The average Bonchev–Trinajstić information content (AvgIpc) is 2.78. The molecule has 0 aliphatic rings. The average molecular weight is 248 g/mol. The molecule has 2 aromatic heterocycles. The van der Waals surface area contributed by atoms with Crippen molar-refractivity contribution in [1.29, 1.82) is 0 Å². The Morgan fingerprint density at radius 3 is 2.78 bits per heavy atom. The number of aryl methyl sites for hydroxylation is 1. The molecule has 0 spiro atoms. The van der Waals surface area contributed by atoms with E-state index in [0.717, 1.165) is 17.9 Å². The van der Waals surface area contributed by atoms with Crippen molar-refractivity contribution in [1.82, 2.24) is 19.9 Å². The van der Waals surface area contributed by atoms with Gasteiger partial charge < -0.3 is 9.88 Å². The second-order valence-corrected chi connectivity index (χ2v) is 4.20. The van der Waals surface area contributed by atoms with Gasteiger partial charge in [0.1, 0.15) is 11.6 Å². The second kappa shape index (κ2) is 5.73. The summed E-state index contributed by atoms with van der Waals surface area (Å²) in [6.45, 7) is 2.74. The van der Waals surface area contributed by atoms with E-state index in [4.69, 9.17) is 0 Å². The Morgan fingerprint density at radius 1 is 1.39 bits per heavy atom. The van der Waals surface area contributed by atoms with E-state index in [1.165, 1.54) is 12.3 Å². The topological polar surface area (TPSA) is 42.7 Å². The third kappa shape index (κ3) is 2.92. The molecule has 0 aliphatic heterocycles. The molecule has 0 bridgehead atoms. The highest BCUT2D eigenvalue weighted by Gasteiger charge is 2.11. The van der Waals surface area contributed by atoms with Gasteiger partial charge in [-0.3, -0.25) is 4.98 Å². The second-order valence-electron chi connectivity index (χ2n) is 4.20. The third-order valence-electron chi connectivity index (χ3n) is 2.94. The lowest BCUT2D eigenvalue weighted by atomic mass is 10.1. The SMILES string of the molecule is CCC(NCc1nccn1C)c1ccc(F)cn1. The number of nitrogens with one attached hydrogen (secondary N) is 1. The molecule has 1 N–H and O–H groups in total. The Bertz CT molecular complexity index is 492. The van der Waals surface area contributed by atoms with E-state index in [0.29, 0.717) is 6.54 Å². The van der Waals surface area contributed by atoms with Crippen LogP contribution in [0, 0.1) is 5.82 Å². The lowest BCUT2D eigenvalue weighted by molar-refractivity contribution is 0.489. The zero-order valence-electron chi connectivity index (χ0n) is 10.6. The van der Waals surface area contributed by atoms with Gasteiger partial charge in [-0.05, 0) is 18.6 Å². The largest absolute Gasteiger partial charge is 0.337 e. The van der Waals surface area contributed by atoms with Crippen LogP contribution in [0.1, 0.15) is 30.9 Å². The molecular formula is C13H17FN4. The monoisotopic (exact) mass is 248 g/mol. The van der Waals surface area contributed by atoms with E-state index in [-0.39, 0.29) is 11.9 Å². The van der Waals surface area contributed by atoms with Crippen LogP contribution >= 0.6 is 0 Å². The third-order valence-corrected chi connectivity index (χ3v) is 2.94. The van der Waals surface area contributed by atoms with Crippen LogP contribution in [-0.2, 0) is 13.6 Å². The number of hydrogen-bond donors (Lipinski definition) is 1. The van der Waals surface area contributed by atoms with E-state index in [2.05, 4.69) is 22.2 Å². The summed E-state index contributed by atoms with van der Waals surface area (Å²) in [6.07, 6.45) is 5.83. The fourth-order valence-electron chi connectivity index (χ4n) is 1.83. The van der Waals surface area contributed by atoms with Gasteiger partial charge in [0, 0.05) is 25.5 Å². The summed E-state index contributed by atoms with van der Waals surface area (Å²) < 4.78 is 14.8. The van der Waals surface area contributed by atoms with Crippen LogP contribution < -0.4 is 5.32 Å². The van der Waals surface area contributed by atoms with Crippen molar-refractivity contribution in [2.75, 3.05) is 0 Å². The van der Waals surface area contributed by atoms with Gasteiger partial charge in [-0.15, -0.1) is 0 Å². The van der Waals surface area contributed by atoms with Crippen LogP contribution in [0.25, 0.3) is 0 Å². The molecule has 2 aromatic rings. The minimum Gasteiger partial charge on any atom is -0.337 e. The molecular weight excluding hydrogens is 231 g/mol. The normalized spacial score (nSPS) is 12.6. The number of imidazole rings is 1. The number of halogens is 1. The fraction of sp³-hybridized carbons (Fsp3) is 0.385. The molecule has 0 aliphatic carbocycles. The molecule has 1 unspecified atom stereocenters. The van der Waals surface area contributed by atoms with Crippen LogP contribution in [-0.4, -0.2) is 14.5 Å². The van der Waals surface area contributed by atoms with Gasteiger partial charge in [0.05, 0.1) is 18.4 Å². The van der Waals surface area contributed by atoms with Crippen LogP contribution in [0.4, 0.5) is 4.39 Å². The molecule has 0 aromatic carbocycles. The van der Waals surface area contributed by atoms with Gasteiger partial charge in [-0.1, -0.05) is 6.92 Å². The summed E-state index contributed by atoms with van der Waals surface area (Å²) in [6, 6.07) is 3.27. The number of rotatable bonds is 5. The molecule has 1 atom stereocenters. The Balaban J connectivity index is 2.01. The molecule has 5 heteroatoms. The number of nitrogens with zero attached hydrogens (tertiary/aromatic N) is 3. The van der Waals surface area contributed by atoms with Crippen molar-refractivity contribution in [2.24, 2.45) is 7.05 Å². The van der Waals surface area contributed by atoms with Crippen molar-refractivity contribution in [3.05, 3.63) is 48.1 Å². The lowest BCUT2D eigenvalue weighted by Gasteiger charge is -2.16. The van der Waals surface area contributed by atoms with Crippen molar-refractivity contribution in [3.8, 4) is 0 Å². The standard InChI is InChI=1S/C13H17FN4/c1-3-11(12-5-4-10(14)8-16-12)17-9-13-15-6-7-18(13)2/h4-8,11,17H,3,9H2,1-2H3. The number of hydrogen-bond acceptors (Lipinski definition) is 3. The zero-order chi connectivity index (χ0) is 13.0.